The zero-order valence-electron chi connectivity index (χ0n) is 18.7. The van der Waals surface area contributed by atoms with Gasteiger partial charge in [-0.3, -0.25) is 9.59 Å². The van der Waals surface area contributed by atoms with Gasteiger partial charge in [0.1, 0.15) is 4.21 Å². The van der Waals surface area contributed by atoms with Crippen molar-refractivity contribution in [1.29, 1.82) is 0 Å². The Bertz CT molecular complexity index is 1050. The van der Waals surface area contributed by atoms with Crippen molar-refractivity contribution in [2.45, 2.75) is 55.2 Å². The number of carbonyl (C=O) groups is 2. The lowest BCUT2D eigenvalue weighted by molar-refractivity contribution is -0.131. The molecule has 0 atom stereocenters. The fraction of sp³-hybridized carbons (Fsp3) is 0.500. The third kappa shape index (κ3) is 6.22. The Labute approximate surface area is 199 Å². The maximum absolute atomic E-state index is 12.8. The Morgan fingerprint density at radius 3 is 2.36 bits per heavy atom. The number of benzene rings is 1. The highest BCUT2D eigenvalue weighted by Crippen LogP contribution is 2.28. The molecule has 2 aromatic rings. The molecule has 0 radical (unpaired) electrons. The number of aryl methyl sites for hydroxylation is 1. The number of nitrogens with zero attached hydrogens (tertiary/aromatic N) is 2. The van der Waals surface area contributed by atoms with E-state index in [2.05, 4.69) is 5.32 Å². The average Bonchev–Trinajstić information content (AvgIpc) is 3.52. The predicted octanol–water partition coefficient (Wildman–Crippen LogP) is 2.82. The van der Waals surface area contributed by atoms with Gasteiger partial charge >= 0.3 is 0 Å². The molecular weight excluding hydrogens is 458 g/mol. The fourth-order valence-electron chi connectivity index (χ4n) is 4.38. The minimum atomic E-state index is -3.43. The Hall–Kier alpha value is -2.23. The molecule has 0 aliphatic carbocycles. The summed E-state index contributed by atoms with van der Waals surface area (Å²) in [7, 11) is -3.43. The third-order valence-corrected chi connectivity index (χ3v) is 9.77. The Morgan fingerprint density at radius 2 is 1.67 bits per heavy atom. The molecule has 2 saturated heterocycles. The second-order valence-corrected chi connectivity index (χ2v) is 12.0. The van der Waals surface area contributed by atoms with E-state index in [1.165, 1.54) is 15.6 Å². The van der Waals surface area contributed by atoms with Crippen LogP contribution in [-0.4, -0.2) is 61.7 Å². The van der Waals surface area contributed by atoms with Gasteiger partial charge in [0.15, 0.2) is 0 Å². The molecule has 1 aromatic carbocycles. The van der Waals surface area contributed by atoms with Gasteiger partial charge in [0.2, 0.25) is 11.8 Å². The summed E-state index contributed by atoms with van der Waals surface area (Å²) in [5.41, 5.74) is 1.15. The van der Waals surface area contributed by atoms with E-state index in [4.69, 9.17) is 0 Å². The van der Waals surface area contributed by atoms with E-state index >= 15 is 0 Å². The van der Waals surface area contributed by atoms with Crippen molar-refractivity contribution in [3.8, 4) is 0 Å². The molecule has 2 aliphatic heterocycles. The number of hydrogen-bond acceptors (Lipinski definition) is 5. The van der Waals surface area contributed by atoms with E-state index in [-0.39, 0.29) is 24.3 Å². The zero-order valence-corrected chi connectivity index (χ0v) is 20.4. The van der Waals surface area contributed by atoms with E-state index < -0.39 is 10.0 Å². The predicted molar refractivity (Wildman–Crippen MR) is 129 cm³/mol. The number of likely N-dealkylation sites (tertiary alicyclic amines) is 1. The van der Waals surface area contributed by atoms with Gasteiger partial charge < -0.3 is 10.2 Å². The molecule has 2 amide bonds. The van der Waals surface area contributed by atoms with Crippen molar-refractivity contribution < 1.29 is 18.0 Å². The minimum Gasteiger partial charge on any atom is -0.353 e. The minimum absolute atomic E-state index is 0.0100. The number of carbonyl (C=O) groups excluding carboxylic acids is 2. The Kier molecular flexibility index (Phi) is 7.82. The average molecular weight is 490 g/mol. The number of rotatable bonds is 8. The van der Waals surface area contributed by atoms with E-state index in [0.717, 1.165) is 42.5 Å². The topological polar surface area (TPSA) is 86.8 Å². The van der Waals surface area contributed by atoms with Crippen molar-refractivity contribution in [2.75, 3.05) is 26.2 Å². The molecule has 0 bridgehead atoms. The highest BCUT2D eigenvalue weighted by Gasteiger charge is 2.29. The second kappa shape index (κ2) is 10.8. The monoisotopic (exact) mass is 489 g/mol. The molecular formula is C24H31N3O4S2. The Balaban J connectivity index is 1.21. The van der Waals surface area contributed by atoms with E-state index in [9.17, 15) is 18.0 Å². The molecule has 2 aliphatic rings. The zero-order chi connectivity index (χ0) is 23.3. The van der Waals surface area contributed by atoms with Crippen LogP contribution in [0.2, 0.25) is 0 Å². The van der Waals surface area contributed by atoms with E-state index in [0.29, 0.717) is 36.8 Å². The molecule has 4 rings (SSSR count). The lowest BCUT2D eigenvalue weighted by Crippen LogP contribution is -2.47. The summed E-state index contributed by atoms with van der Waals surface area (Å²) >= 11 is 1.20. The molecule has 0 spiro atoms. The molecule has 1 N–H and O–H groups in total. The SMILES string of the molecule is O=C(CCc1ccccc1)NC1CCN(C(=O)Cc2ccc(S(=O)(=O)N3CCCC3)s2)CC1. The van der Waals surface area contributed by atoms with E-state index in [1.807, 2.05) is 35.2 Å². The molecule has 7 nitrogen and oxygen atoms in total. The van der Waals surface area contributed by atoms with Crippen LogP contribution in [0.1, 0.15) is 42.5 Å². The molecule has 33 heavy (non-hydrogen) atoms. The summed E-state index contributed by atoms with van der Waals surface area (Å²) in [6.45, 7) is 2.36. The maximum atomic E-state index is 12.8. The summed E-state index contributed by atoms with van der Waals surface area (Å²) in [6, 6.07) is 13.4. The van der Waals surface area contributed by atoms with Gasteiger partial charge in [0.05, 0.1) is 6.42 Å². The van der Waals surface area contributed by atoms with Crippen LogP contribution in [0.4, 0.5) is 0 Å². The van der Waals surface area contributed by atoms with Gasteiger partial charge in [0, 0.05) is 43.5 Å². The lowest BCUT2D eigenvalue weighted by atomic mass is 10.0. The van der Waals surface area contributed by atoms with Crippen molar-refractivity contribution in [3.63, 3.8) is 0 Å². The molecule has 178 valence electrons. The summed E-state index contributed by atoms with van der Waals surface area (Å²) in [4.78, 5) is 27.6. The van der Waals surface area contributed by atoms with Gasteiger partial charge in [-0.1, -0.05) is 30.3 Å². The van der Waals surface area contributed by atoms with Crippen LogP contribution >= 0.6 is 11.3 Å². The second-order valence-electron chi connectivity index (χ2n) is 8.72. The van der Waals surface area contributed by atoms with Crippen molar-refractivity contribution in [2.24, 2.45) is 0 Å². The molecule has 3 heterocycles. The van der Waals surface area contributed by atoms with Crippen molar-refractivity contribution in [1.82, 2.24) is 14.5 Å². The first-order chi connectivity index (χ1) is 15.9. The van der Waals surface area contributed by atoms with Crippen LogP contribution in [-0.2, 0) is 32.5 Å². The molecule has 1 aromatic heterocycles. The Morgan fingerprint density at radius 1 is 0.970 bits per heavy atom. The van der Waals surface area contributed by atoms with Gasteiger partial charge in [-0.15, -0.1) is 11.3 Å². The number of amides is 2. The number of hydrogen-bond donors (Lipinski definition) is 1. The van der Waals surface area contributed by atoms with Crippen LogP contribution in [0, 0.1) is 0 Å². The first-order valence-corrected chi connectivity index (χ1v) is 13.9. The summed E-state index contributed by atoms with van der Waals surface area (Å²) in [5.74, 6) is 0.0600. The maximum Gasteiger partial charge on any atom is 0.252 e. The first-order valence-electron chi connectivity index (χ1n) is 11.6. The molecule has 9 heteroatoms. The first kappa shape index (κ1) is 23.9. The molecule has 2 fully saturated rings. The van der Waals surface area contributed by atoms with Crippen molar-refractivity contribution >= 4 is 33.2 Å². The van der Waals surface area contributed by atoms with Crippen LogP contribution in [0.5, 0.6) is 0 Å². The number of nitrogens with one attached hydrogen (secondary N) is 1. The van der Waals surface area contributed by atoms with Crippen LogP contribution < -0.4 is 5.32 Å². The van der Waals surface area contributed by atoms with Gasteiger partial charge in [0.25, 0.3) is 10.0 Å². The number of sulfonamides is 1. The summed E-state index contributed by atoms with van der Waals surface area (Å²) in [5, 5.41) is 3.10. The highest BCUT2D eigenvalue weighted by molar-refractivity contribution is 7.91. The highest BCUT2D eigenvalue weighted by atomic mass is 32.2. The van der Waals surface area contributed by atoms with E-state index in [1.54, 1.807) is 12.1 Å². The third-order valence-electron chi connectivity index (χ3n) is 6.32. The smallest absolute Gasteiger partial charge is 0.252 e. The van der Waals surface area contributed by atoms with Gasteiger partial charge in [-0.05, 0) is 49.8 Å². The van der Waals surface area contributed by atoms with Crippen LogP contribution in [0.25, 0.3) is 0 Å². The number of piperidine rings is 1. The summed E-state index contributed by atoms with van der Waals surface area (Å²) in [6.07, 6.45) is 4.68. The molecule has 0 unspecified atom stereocenters. The normalized spacial score (nSPS) is 17.9. The standard InChI is InChI=1S/C24H31N3O4S2/c28-22(10-8-19-6-2-1-3-7-19)25-20-12-16-26(17-13-20)23(29)18-21-9-11-24(32-21)33(30,31)27-14-4-5-15-27/h1-3,6-7,9,11,20H,4-5,8,10,12-18H2,(H,25,28). The van der Waals surface area contributed by atoms with Gasteiger partial charge in [-0.2, -0.15) is 4.31 Å². The fourth-order valence-corrected chi connectivity index (χ4v) is 7.40. The largest absolute Gasteiger partial charge is 0.353 e. The molecule has 0 saturated carbocycles. The quantitative estimate of drug-likeness (QED) is 0.618. The van der Waals surface area contributed by atoms with Gasteiger partial charge in [-0.25, -0.2) is 8.42 Å². The number of thiophene rings is 1. The summed E-state index contributed by atoms with van der Waals surface area (Å²) < 4.78 is 27.2. The lowest BCUT2D eigenvalue weighted by Gasteiger charge is -2.32. The van der Waals surface area contributed by atoms with Crippen LogP contribution in [0.15, 0.2) is 46.7 Å². The van der Waals surface area contributed by atoms with Crippen LogP contribution in [0.3, 0.4) is 0 Å². The van der Waals surface area contributed by atoms with Crippen molar-refractivity contribution in [3.05, 3.63) is 52.9 Å².